The predicted octanol–water partition coefficient (Wildman–Crippen LogP) is 14.2. The van der Waals surface area contributed by atoms with Crippen molar-refractivity contribution in [3.63, 3.8) is 0 Å². The van der Waals surface area contributed by atoms with Gasteiger partial charge in [0.25, 0.3) is 0 Å². The summed E-state index contributed by atoms with van der Waals surface area (Å²) in [5, 5.41) is 7.39. The molecule has 57 heavy (non-hydrogen) atoms. The second-order valence-corrected chi connectivity index (χ2v) is 17.8. The first-order valence-electron chi connectivity index (χ1n) is 20.3. The van der Waals surface area contributed by atoms with Crippen LogP contribution in [0.4, 0.5) is 0 Å². The first-order valence-corrected chi connectivity index (χ1v) is 20.3. The van der Waals surface area contributed by atoms with Crippen molar-refractivity contribution in [1.82, 2.24) is 9.13 Å². The first-order chi connectivity index (χ1) is 27.8. The summed E-state index contributed by atoms with van der Waals surface area (Å²) in [5.74, 6) is 0.873. The minimum absolute atomic E-state index is 0.0322. The third kappa shape index (κ3) is 3.96. The Balaban J connectivity index is 1.03. The Morgan fingerprint density at radius 3 is 1.72 bits per heavy atom. The van der Waals surface area contributed by atoms with E-state index >= 15 is 0 Å². The van der Waals surface area contributed by atoms with Gasteiger partial charge in [-0.25, -0.2) is 0 Å². The lowest BCUT2D eigenvalue weighted by atomic mass is 9.74. The molecule has 7 aromatic carbocycles. The third-order valence-corrected chi connectivity index (χ3v) is 14.2. The van der Waals surface area contributed by atoms with Crippen molar-refractivity contribution in [1.29, 1.82) is 0 Å². The maximum atomic E-state index is 6.58. The van der Waals surface area contributed by atoms with Crippen LogP contribution in [-0.4, -0.2) is 9.13 Å². The summed E-state index contributed by atoms with van der Waals surface area (Å²) in [6, 6.07) is 50.0. The number of allylic oxidation sites excluding steroid dienone is 4. The van der Waals surface area contributed by atoms with Crippen LogP contribution in [0, 0.1) is 5.92 Å². The van der Waals surface area contributed by atoms with E-state index in [4.69, 9.17) is 4.42 Å². The number of nitrogens with zero attached hydrogens (tertiary/aromatic N) is 2. The summed E-state index contributed by atoms with van der Waals surface area (Å²) in [6.45, 7) is 9.57. The monoisotopic (exact) mass is 732 g/mol. The molecule has 3 heteroatoms. The fraction of sp³-hybridized carbons (Fsp3) is 0.148. The molecule has 0 N–H and O–H groups in total. The quantitative estimate of drug-likeness (QED) is 0.174. The number of hydrogen-bond donors (Lipinski definition) is 0. The number of rotatable bonds is 2. The Morgan fingerprint density at radius 2 is 1.04 bits per heavy atom. The lowest BCUT2D eigenvalue weighted by molar-refractivity contribution is 0.394. The Hall–Kier alpha value is -6.58. The molecule has 0 saturated heterocycles. The summed E-state index contributed by atoms with van der Waals surface area (Å²) < 4.78 is 11.5. The standard InChI is InChI=1S/C54H40N2O/c1-53(2)43-17-9-5-13-33(43)37-27-39-35-15-7-11-19-47(35)55(49(39)29-45(37)53)31-21-23-51-41(25-31)42-26-32(22-24-52(42)57-51)56-48-20-12-8-16-36(48)40-28-38-34-14-6-10-18-44(34)54(3,4)46(38)30-50(40)56/h5-30,33,43H,1-4H3. The molecule has 2 atom stereocenters. The van der Waals surface area contributed by atoms with E-state index in [0.29, 0.717) is 11.8 Å². The second kappa shape index (κ2) is 10.6. The Bertz CT molecular complexity index is 3480. The zero-order valence-electron chi connectivity index (χ0n) is 32.5. The molecule has 2 unspecified atom stereocenters. The van der Waals surface area contributed by atoms with E-state index < -0.39 is 0 Å². The number of para-hydroxylation sites is 2. The molecular formula is C54H40N2O. The molecule has 3 nitrogen and oxygen atoms in total. The lowest BCUT2D eigenvalue weighted by Crippen LogP contribution is -2.24. The molecule has 3 aliphatic carbocycles. The van der Waals surface area contributed by atoms with Crippen LogP contribution in [0.15, 0.2) is 162 Å². The van der Waals surface area contributed by atoms with Gasteiger partial charge in [0, 0.05) is 55.0 Å². The fourth-order valence-corrected chi connectivity index (χ4v) is 11.4. The van der Waals surface area contributed by atoms with Crippen molar-refractivity contribution in [2.24, 2.45) is 5.92 Å². The van der Waals surface area contributed by atoms with Crippen LogP contribution in [0.3, 0.4) is 0 Å². The molecule has 0 spiro atoms. The number of fused-ring (bicyclic) bond motifs is 15. The Morgan fingerprint density at radius 1 is 0.456 bits per heavy atom. The van der Waals surface area contributed by atoms with Gasteiger partial charge in [-0.15, -0.1) is 0 Å². The molecule has 0 fully saturated rings. The average molecular weight is 733 g/mol. The molecule has 0 saturated carbocycles. The maximum Gasteiger partial charge on any atom is 0.135 e. The van der Waals surface area contributed by atoms with Crippen LogP contribution in [-0.2, 0) is 10.8 Å². The summed E-state index contributed by atoms with van der Waals surface area (Å²) in [4.78, 5) is 0. The van der Waals surface area contributed by atoms with Crippen LogP contribution in [0.25, 0.3) is 88.1 Å². The molecule has 0 bridgehead atoms. The van der Waals surface area contributed by atoms with Crippen molar-refractivity contribution in [2.75, 3.05) is 0 Å². The smallest absolute Gasteiger partial charge is 0.135 e. The molecule has 0 aliphatic heterocycles. The van der Waals surface area contributed by atoms with Crippen LogP contribution in [0.5, 0.6) is 0 Å². The van der Waals surface area contributed by atoms with E-state index in [1.807, 2.05) is 0 Å². The molecule has 272 valence electrons. The topological polar surface area (TPSA) is 23.0 Å². The SMILES string of the molecule is CC1(C)c2ccccc2-c2cc3c4ccccc4n(-c4ccc5oc6ccc(-n7c8ccccc8c8cc9c(cc87)C(C)(C)C7C=CC=CC97)cc6c5c4)c3cc21. The van der Waals surface area contributed by atoms with Gasteiger partial charge in [-0.1, -0.05) is 113 Å². The molecule has 10 aromatic rings. The molecule has 13 rings (SSSR count). The number of hydrogen-bond acceptors (Lipinski definition) is 1. The van der Waals surface area contributed by atoms with Crippen molar-refractivity contribution in [2.45, 2.75) is 44.4 Å². The highest BCUT2D eigenvalue weighted by molar-refractivity contribution is 6.14. The van der Waals surface area contributed by atoms with Crippen molar-refractivity contribution >= 4 is 65.6 Å². The van der Waals surface area contributed by atoms with Crippen LogP contribution in [0.2, 0.25) is 0 Å². The molecule has 3 heterocycles. The van der Waals surface area contributed by atoms with Gasteiger partial charge >= 0.3 is 0 Å². The van der Waals surface area contributed by atoms with Gasteiger partial charge in [-0.3, -0.25) is 0 Å². The minimum Gasteiger partial charge on any atom is -0.456 e. The minimum atomic E-state index is -0.0858. The number of benzene rings is 7. The second-order valence-electron chi connectivity index (χ2n) is 17.8. The zero-order valence-corrected chi connectivity index (χ0v) is 32.5. The molecule has 0 amide bonds. The van der Waals surface area contributed by atoms with Gasteiger partial charge in [0.2, 0.25) is 0 Å². The Labute approximate surface area is 330 Å². The molecular weight excluding hydrogens is 693 g/mol. The van der Waals surface area contributed by atoms with Crippen molar-refractivity contribution in [3.05, 3.63) is 180 Å². The molecule has 0 radical (unpaired) electrons. The maximum absolute atomic E-state index is 6.58. The zero-order chi connectivity index (χ0) is 37.9. The van der Waals surface area contributed by atoms with Crippen molar-refractivity contribution < 1.29 is 4.42 Å². The van der Waals surface area contributed by atoms with E-state index in [2.05, 4.69) is 195 Å². The molecule has 3 aliphatic rings. The lowest BCUT2D eigenvalue weighted by Gasteiger charge is -2.29. The molecule has 3 aromatic heterocycles. The third-order valence-electron chi connectivity index (χ3n) is 14.2. The van der Waals surface area contributed by atoms with Gasteiger partial charge in [0.15, 0.2) is 0 Å². The summed E-state index contributed by atoms with van der Waals surface area (Å²) in [7, 11) is 0. The Kier molecular flexibility index (Phi) is 5.89. The van der Waals surface area contributed by atoms with Crippen LogP contribution < -0.4 is 0 Å². The normalized spacial score (nSPS) is 18.7. The van der Waals surface area contributed by atoms with Crippen LogP contribution >= 0.6 is 0 Å². The van der Waals surface area contributed by atoms with Gasteiger partial charge in [0.05, 0.1) is 22.1 Å². The largest absolute Gasteiger partial charge is 0.456 e. The van der Waals surface area contributed by atoms with Gasteiger partial charge in [-0.2, -0.15) is 0 Å². The van der Waals surface area contributed by atoms with Gasteiger partial charge in [-0.05, 0) is 118 Å². The van der Waals surface area contributed by atoms with E-state index in [0.717, 1.165) is 33.3 Å². The first kappa shape index (κ1) is 31.6. The summed E-state index contributed by atoms with van der Waals surface area (Å²) >= 11 is 0. The summed E-state index contributed by atoms with van der Waals surface area (Å²) in [6.07, 6.45) is 9.27. The van der Waals surface area contributed by atoms with Crippen molar-refractivity contribution in [3.8, 4) is 22.5 Å². The van der Waals surface area contributed by atoms with Gasteiger partial charge < -0.3 is 13.6 Å². The fourth-order valence-electron chi connectivity index (χ4n) is 11.4. The highest BCUT2D eigenvalue weighted by atomic mass is 16.3. The number of furan rings is 1. The predicted molar refractivity (Wildman–Crippen MR) is 237 cm³/mol. The van der Waals surface area contributed by atoms with Gasteiger partial charge in [0.1, 0.15) is 11.2 Å². The summed E-state index contributed by atoms with van der Waals surface area (Å²) in [5.41, 5.74) is 17.3. The van der Waals surface area contributed by atoms with Crippen LogP contribution in [0.1, 0.15) is 55.9 Å². The highest BCUT2D eigenvalue weighted by Gasteiger charge is 2.45. The average Bonchev–Trinajstić information content (AvgIpc) is 3.98. The van der Waals surface area contributed by atoms with E-state index in [-0.39, 0.29) is 10.8 Å². The van der Waals surface area contributed by atoms with E-state index in [1.165, 1.54) is 77.0 Å². The van der Waals surface area contributed by atoms with E-state index in [1.54, 1.807) is 0 Å². The van der Waals surface area contributed by atoms with E-state index in [9.17, 15) is 0 Å². The highest BCUT2D eigenvalue weighted by Crippen LogP contribution is 2.55. The number of aromatic nitrogens is 2.